The molecule has 0 aromatic carbocycles. The maximum Gasteiger partial charge on any atom is 0.0438 e. The largest absolute Gasteiger partial charge is 0.300 e. The zero-order chi connectivity index (χ0) is 6.85. The SMILES string of the molecule is CCC1CN(C)N=C1C. The molecular formula is C7H14N2. The summed E-state index contributed by atoms with van der Waals surface area (Å²) in [4.78, 5) is 0. The van der Waals surface area contributed by atoms with Crippen molar-refractivity contribution in [2.24, 2.45) is 11.0 Å². The van der Waals surface area contributed by atoms with E-state index in [1.165, 1.54) is 12.1 Å². The second-order valence-electron chi connectivity index (χ2n) is 2.69. The van der Waals surface area contributed by atoms with Crippen molar-refractivity contribution < 1.29 is 0 Å². The third-order valence-electron chi connectivity index (χ3n) is 1.90. The first-order chi connectivity index (χ1) is 4.24. The van der Waals surface area contributed by atoms with E-state index in [0.29, 0.717) is 0 Å². The van der Waals surface area contributed by atoms with E-state index in [9.17, 15) is 0 Å². The molecule has 1 unspecified atom stereocenters. The van der Waals surface area contributed by atoms with Gasteiger partial charge in [-0.1, -0.05) is 6.92 Å². The van der Waals surface area contributed by atoms with Crippen LogP contribution in [0.1, 0.15) is 20.3 Å². The van der Waals surface area contributed by atoms with Crippen LogP contribution < -0.4 is 0 Å². The lowest BCUT2D eigenvalue weighted by Crippen LogP contribution is -2.14. The van der Waals surface area contributed by atoms with Gasteiger partial charge in [0.1, 0.15) is 0 Å². The van der Waals surface area contributed by atoms with E-state index >= 15 is 0 Å². The zero-order valence-electron chi connectivity index (χ0n) is 6.39. The van der Waals surface area contributed by atoms with Crippen molar-refractivity contribution in [3.63, 3.8) is 0 Å². The third-order valence-corrected chi connectivity index (χ3v) is 1.90. The number of rotatable bonds is 1. The molecule has 0 fully saturated rings. The van der Waals surface area contributed by atoms with Crippen molar-refractivity contribution in [3.05, 3.63) is 0 Å². The van der Waals surface area contributed by atoms with Crippen LogP contribution in [0.25, 0.3) is 0 Å². The van der Waals surface area contributed by atoms with Gasteiger partial charge in [0.05, 0.1) is 0 Å². The van der Waals surface area contributed by atoms with Crippen molar-refractivity contribution in [1.29, 1.82) is 0 Å². The second-order valence-corrected chi connectivity index (χ2v) is 2.69. The summed E-state index contributed by atoms with van der Waals surface area (Å²) < 4.78 is 0. The molecule has 0 radical (unpaired) electrons. The van der Waals surface area contributed by atoms with Gasteiger partial charge >= 0.3 is 0 Å². The molecule has 1 aliphatic rings. The zero-order valence-corrected chi connectivity index (χ0v) is 6.39. The number of nitrogens with zero attached hydrogens (tertiary/aromatic N) is 2. The lowest BCUT2D eigenvalue weighted by molar-refractivity contribution is 0.358. The molecule has 2 nitrogen and oxygen atoms in total. The van der Waals surface area contributed by atoms with E-state index < -0.39 is 0 Å². The predicted molar refractivity (Wildman–Crippen MR) is 39.5 cm³/mol. The van der Waals surface area contributed by atoms with Crippen LogP contribution in [0.5, 0.6) is 0 Å². The first-order valence-corrected chi connectivity index (χ1v) is 3.50. The fourth-order valence-corrected chi connectivity index (χ4v) is 1.27. The Morgan fingerprint density at radius 2 is 2.44 bits per heavy atom. The summed E-state index contributed by atoms with van der Waals surface area (Å²) in [6, 6.07) is 0. The van der Waals surface area contributed by atoms with Crippen LogP contribution >= 0.6 is 0 Å². The summed E-state index contributed by atoms with van der Waals surface area (Å²) in [5.74, 6) is 0.718. The Morgan fingerprint density at radius 1 is 1.78 bits per heavy atom. The summed E-state index contributed by atoms with van der Waals surface area (Å²) in [6.45, 7) is 5.43. The Kier molecular flexibility index (Phi) is 1.74. The van der Waals surface area contributed by atoms with Gasteiger partial charge in [0.25, 0.3) is 0 Å². The first kappa shape index (κ1) is 6.59. The fraction of sp³-hybridized carbons (Fsp3) is 0.857. The molecule has 1 atom stereocenters. The van der Waals surface area contributed by atoms with Crippen LogP contribution in [-0.4, -0.2) is 24.3 Å². The van der Waals surface area contributed by atoms with Crippen LogP contribution in [-0.2, 0) is 0 Å². The quantitative estimate of drug-likeness (QED) is 0.517. The molecule has 0 aromatic heterocycles. The summed E-state index contributed by atoms with van der Waals surface area (Å²) in [6.07, 6.45) is 1.22. The fourth-order valence-electron chi connectivity index (χ4n) is 1.27. The summed E-state index contributed by atoms with van der Waals surface area (Å²) in [5.41, 5.74) is 1.29. The van der Waals surface area contributed by atoms with Gasteiger partial charge in [0.2, 0.25) is 0 Å². The topological polar surface area (TPSA) is 15.6 Å². The smallest absolute Gasteiger partial charge is 0.0438 e. The first-order valence-electron chi connectivity index (χ1n) is 3.50. The highest BCUT2D eigenvalue weighted by Gasteiger charge is 2.18. The highest BCUT2D eigenvalue weighted by molar-refractivity contribution is 5.85. The van der Waals surface area contributed by atoms with Crippen LogP contribution in [0.3, 0.4) is 0 Å². The van der Waals surface area contributed by atoms with Crippen LogP contribution in [0.2, 0.25) is 0 Å². The number of hydrazone groups is 1. The number of hydrogen-bond donors (Lipinski definition) is 0. The molecule has 0 bridgehead atoms. The molecule has 0 saturated carbocycles. The van der Waals surface area contributed by atoms with Gasteiger partial charge in [-0.25, -0.2) is 0 Å². The van der Waals surface area contributed by atoms with Gasteiger partial charge in [-0.15, -0.1) is 0 Å². The maximum absolute atomic E-state index is 4.29. The van der Waals surface area contributed by atoms with Gasteiger partial charge in [0.15, 0.2) is 0 Å². The van der Waals surface area contributed by atoms with Crippen molar-refractivity contribution in [2.75, 3.05) is 13.6 Å². The Bertz CT molecular complexity index is 129. The molecule has 52 valence electrons. The van der Waals surface area contributed by atoms with E-state index in [1.807, 2.05) is 12.1 Å². The highest BCUT2D eigenvalue weighted by atomic mass is 15.5. The molecule has 0 N–H and O–H groups in total. The van der Waals surface area contributed by atoms with Crippen molar-refractivity contribution in [2.45, 2.75) is 20.3 Å². The van der Waals surface area contributed by atoms with Crippen LogP contribution in [0, 0.1) is 5.92 Å². The lowest BCUT2D eigenvalue weighted by Gasteiger charge is -2.07. The minimum absolute atomic E-state index is 0.718. The second kappa shape index (κ2) is 2.38. The highest BCUT2D eigenvalue weighted by Crippen LogP contribution is 2.14. The molecule has 1 heterocycles. The molecule has 0 spiro atoms. The van der Waals surface area contributed by atoms with Gasteiger partial charge in [0, 0.05) is 25.2 Å². The summed E-state index contributed by atoms with van der Waals surface area (Å²) in [5, 5.41) is 6.31. The van der Waals surface area contributed by atoms with Gasteiger partial charge < -0.3 is 0 Å². The summed E-state index contributed by atoms with van der Waals surface area (Å²) >= 11 is 0. The van der Waals surface area contributed by atoms with Crippen LogP contribution in [0.4, 0.5) is 0 Å². The number of hydrogen-bond acceptors (Lipinski definition) is 2. The summed E-state index contributed by atoms with van der Waals surface area (Å²) in [7, 11) is 2.03. The van der Waals surface area contributed by atoms with Crippen molar-refractivity contribution >= 4 is 5.71 Å². The molecule has 2 heteroatoms. The van der Waals surface area contributed by atoms with E-state index in [0.717, 1.165) is 12.5 Å². The monoisotopic (exact) mass is 126 g/mol. The Morgan fingerprint density at radius 3 is 2.67 bits per heavy atom. The van der Waals surface area contributed by atoms with E-state index in [2.05, 4.69) is 18.9 Å². The Labute approximate surface area is 56.5 Å². The average Bonchev–Trinajstić information content (AvgIpc) is 2.10. The molecule has 1 aliphatic heterocycles. The van der Waals surface area contributed by atoms with E-state index in [1.54, 1.807) is 0 Å². The van der Waals surface area contributed by atoms with Crippen LogP contribution in [0.15, 0.2) is 5.10 Å². The van der Waals surface area contributed by atoms with Gasteiger partial charge in [-0.3, -0.25) is 5.01 Å². The maximum atomic E-state index is 4.29. The minimum atomic E-state index is 0.718. The molecule has 0 aromatic rings. The average molecular weight is 126 g/mol. The van der Waals surface area contributed by atoms with Crippen molar-refractivity contribution in [3.8, 4) is 0 Å². The van der Waals surface area contributed by atoms with Crippen molar-refractivity contribution in [1.82, 2.24) is 5.01 Å². The molecular weight excluding hydrogens is 112 g/mol. The normalized spacial score (nSPS) is 26.8. The molecule has 0 saturated heterocycles. The molecule has 0 aliphatic carbocycles. The standard InChI is InChI=1S/C7H14N2/c1-4-7-5-9(3)8-6(7)2/h7H,4-5H2,1-3H3. The Hall–Kier alpha value is -0.530. The predicted octanol–water partition coefficient (Wildman–Crippen LogP) is 1.33. The Balaban J connectivity index is 2.53. The minimum Gasteiger partial charge on any atom is -0.300 e. The van der Waals surface area contributed by atoms with E-state index in [-0.39, 0.29) is 0 Å². The molecule has 0 amide bonds. The lowest BCUT2D eigenvalue weighted by atomic mass is 10.0. The molecule has 1 rings (SSSR count). The van der Waals surface area contributed by atoms with Gasteiger partial charge in [-0.2, -0.15) is 5.10 Å². The van der Waals surface area contributed by atoms with Gasteiger partial charge in [-0.05, 0) is 13.3 Å². The molecule has 9 heavy (non-hydrogen) atoms. The third kappa shape index (κ3) is 1.23. The van der Waals surface area contributed by atoms with E-state index in [4.69, 9.17) is 0 Å².